The van der Waals surface area contributed by atoms with Gasteiger partial charge < -0.3 is 18.3 Å². The first-order valence-corrected chi connectivity index (χ1v) is 38.0. The first kappa shape index (κ1) is 65.2. The molecule has 0 fully saturated rings. The van der Waals surface area contributed by atoms with E-state index in [0.717, 1.165) is 112 Å². The van der Waals surface area contributed by atoms with E-state index in [2.05, 4.69) is 407 Å². The minimum Gasteiger partial charge on any atom is -0.309 e. The second kappa shape index (κ2) is 27.6. The van der Waals surface area contributed by atoms with Crippen LogP contribution in [0.2, 0.25) is 0 Å². The second-order valence-electron chi connectivity index (χ2n) is 28.4. The van der Waals surface area contributed by atoms with Gasteiger partial charge in [0, 0.05) is 99.2 Å². The van der Waals surface area contributed by atoms with Crippen molar-refractivity contribution in [3.63, 3.8) is 0 Å². The number of aromatic nitrogens is 8. The largest absolute Gasteiger partial charge is 0.309 e. The van der Waals surface area contributed by atoms with Crippen molar-refractivity contribution in [3.05, 3.63) is 413 Å². The van der Waals surface area contributed by atoms with Gasteiger partial charge in [-0.2, -0.15) is 0 Å². The van der Waals surface area contributed by atoms with E-state index in [4.69, 9.17) is 19.9 Å². The number of para-hydroxylation sites is 6. The van der Waals surface area contributed by atoms with E-state index in [9.17, 15) is 0 Å². The Kier molecular flexibility index (Phi) is 16.1. The van der Waals surface area contributed by atoms with E-state index < -0.39 is 0 Å². The summed E-state index contributed by atoms with van der Waals surface area (Å²) >= 11 is 0. The maximum absolute atomic E-state index is 5.27. The summed E-state index contributed by atoms with van der Waals surface area (Å²) in [4.78, 5) is 20.9. The van der Waals surface area contributed by atoms with E-state index >= 15 is 0 Å². The summed E-state index contributed by atoms with van der Waals surface area (Å²) in [5.74, 6) is 1.38. The lowest BCUT2D eigenvalue weighted by Crippen LogP contribution is -1.98. The molecule has 8 nitrogen and oxygen atoms in total. The lowest BCUT2D eigenvalue weighted by Gasteiger charge is -2.13. The predicted molar refractivity (Wildman–Crippen MR) is 465 cm³/mol. The van der Waals surface area contributed by atoms with Crippen molar-refractivity contribution in [1.29, 1.82) is 0 Å². The van der Waals surface area contributed by atoms with Gasteiger partial charge in [0.15, 0.2) is 11.6 Å². The average Bonchev–Trinajstić information content (AvgIpc) is 1.55. The van der Waals surface area contributed by atoms with Crippen LogP contribution in [0.5, 0.6) is 0 Å². The molecule has 8 heteroatoms. The second-order valence-corrected chi connectivity index (χ2v) is 28.4. The molecule has 6 heterocycles. The fraction of sp³-hybridized carbons (Fsp3) is 0. The monoisotopic (exact) mass is 1430 g/mol. The van der Waals surface area contributed by atoms with E-state index in [1.807, 2.05) is 24.3 Å². The molecule has 0 aliphatic carbocycles. The van der Waals surface area contributed by atoms with Crippen molar-refractivity contribution in [2.75, 3.05) is 0 Å². The van der Waals surface area contributed by atoms with Crippen LogP contribution in [0.25, 0.3) is 200 Å². The molecule has 112 heavy (non-hydrogen) atoms. The highest BCUT2D eigenvalue weighted by Gasteiger charge is 2.25. The number of rotatable bonds is 12. The molecule has 0 saturated carbocycles. The third-order valence-electron chi connectivity index (χ3n) is 21.8. The molecule has 0 spiro atoms. The molecule has 0 saturated heterocycles. The van der Waals surface area contributed by atoms with Gasteiger partial charge in [-0.15, -0.1) is 0 Å². The fourth-order valence-electron chi connectivity index (χ4n) is 16.7. The first-order valence-electron chi connectivity index (χ1n) is 38.0. The Morgan fingerprint density at radius 3 is 0.884 bits per heavy atom. The van der Waals surface area contributed by atoms with Crippen LogP contribution < -0.4 is 0 Å². The molecule has 0 aliphatic heterocycles. The smallest absolute Gasteiger partial charge is 0.160 e. The molecule has 524 valence electrons. The standard InChI is InChI=1S/2C52H34N4/c1-4-16-35(17-5-1)37-20-14-22-39(32-37)52-53-45(36-18-6-2-7-19-36)34-46(54-52)38-21-15-25-41(33-38)55-48-29-13-11-27-44(48)50-49(55)31-30-43-42-26-10-12-28-47(42)56(51(43)50)40-23-8-3-9-24-40;1-4-15-35(16-5-1)36-27-29-38(30-28-36)46-34-45(37-17-6-2-7-18-37)53-52(54-46)39-19-14-22-41(33-39)55-48-26-13-11-24-44(48)50-49(55)32-31-43-42-23-10-12-25-47(42)56(51(43)50)40-20-8-3-9-21-40/h2*1-34H. The van der Waals surface area contributed by atoms with Crippen LogP contribution in [0.15, 0.2) is 413 Å². The Morgan fingerprint density at radius 2 is 0.438 bits per heavy atom. The summed E-state index contributed by atoms with van der Waals surface area (Å²) in [6.07, 6.45) is 0. The summed E-state index contributed by atoms with van der Waals surface area (Å²) in [6, 6.07) is 146. The predicted octanol–water partition coefficient (Wildman–Crippen LogP) is 26.7. The fourth-order valence-corrected chi connectivity index (χ4v) is 16.7. The van der Waals surface area contributed by atoms with E-state index in [0.29, 0.717) is 11.6 Å². The molecule has 22 rings (SSSR count). The van der Waals surface area contributed by atoms with E-state index in [1.54, 1.807) is 0 Å². The zero-order chi connectivity index (χ0) is 74.0. The van der Waals surface area contributed by atoms with Crippen molar-refractivity contribution < 1.29 is 0 Å². The molecule has 0 N–H and O–H groups in total. The quantitative estimate of drug-likeness (QED) is 0.122. The van der Waals surface area contributed by atoms with Gasteiger partial charge in [-0.3, -0.25) is 0 Å². The minimum absolute atomic E-state index is 0.683. The van der Waals surface area contributed by atoms with Crippen molar-refractivity contribution in [2.45, 2.75) is 0 Å². The number of hydrogen-bond donors (Lipinski definition) is 0. The first-order chi connectivity index (χ1) is 55.6. The van der Waals surface area contributed by atoms with Crippen LogP contribution in [0.1, 0.15) is 0 Å². The number of hydrogen-bond acceptors (Lipinski definition) is 4. The van der Waals surface area contributed by atoms with Crippen LogP contribution >= 0.6 is 0 Å². The van der Waals surface area contributed by atoms with Crippen LogP contribution in [-0.4, -0.2) is 38.2 Å². The van der Waals surface area contributed by atoms with Crippen molar-refractivity contribution in [1.82, 2.24) is 38.2 Å². The molecule has 0 unspecified atom stereocenters. The van der Waals surface area contributed by atoms with Gasteiger partial charge in [-0.05, 0) is 125 Å². The number of benzene rings is 16. The highest BCUT2D eigenvalue weighted by atomic mass is 15.0. The molecular weight excluding hydrogens is 1360 g/mol. The lowest BCUT2D eigenvalue weighted by molar-refractivity contribution is 1.16. The Hall–Kier alpha value is -15.1. The highest BCUT2D eigenvalue weighted by Crippen LogP contribution is 2.46. The average molecular weight is 1430 g/mol. The molecule has 6 aromatic heterocycles. The summed E-state index contributed by atoms with van der Waals surface area (Å²) in [5.41, 5.74) is 28.1. The highest BCUT2D eigenvalue weighted by molar-refractivity contribution is 6.28. The summed E-state index contributed by atoms with van der Waals surface area (Å²) < 4.78 is 9.66. The molecular formula is C104H68N8. The topological polar surface area (TPSA) is 71.3 Å². The Bertz CT molecular complexity index is 7330. The molecule has 0 aliphatic rings. The van der Waals surface area contributed by atoms with Gasteiger partial charge in [0.2, 0.25) is 0 Å². The molecule has 0 atom stereocenters. The SMILES string of the molecule is c1ccc(-c2ccc(-c3cc(-c4ccccc4)nc(-c4cccc(-n5c6ccccc6c6c5ccc5c7ccccc7n(-c7ccccc7)c56)c4)n3)cc2)cc1.c1ccc(-c2cccc(-c3nc(-c4ccccc4)cc(-c4cccc(-n5c6ccccc6c6c5ccc5c7ccccc7n(-c7ccccc7)c56)c4)n3)c2)cc1. The normalized spacial score (nSPS) is 11.6. The van der Waals surface area contributed by atoms with Crippen LogP contribution in [-0.2, 0) is 0 Å². The molecule has 0 radical (unpaired) electrons. The molecule has 0 amide bonds. The minimum atomic E-state index is 0.683. The van der Waals surface area contributed by atoms with Gasteiger partial charge >= 0.3 is 0 Å². The van der Waals surface area contributed by atoms with E-state index in [1.165, 1.54) is 76.3 Å². The van der Waals surface area contributed by atoms with Gasteiger partial charge in [0.05, 0.1) is 66.9 Å². The van der Waals surface area contributed by atoms with Gasteiger partial charge in [0.25, 0.3) is 0 Å². The summed E-state index contributed by atoms with van der Waals surface area (Å²) in [6.45, 7) is 0. The summed E-state index contributed by atoms with van der Waals surface area (Å²) in [7, 11) is 0. The summed E-state index contributed by atoms with van der Waals surface area (Å²) in [5, 5.41) is 9.86. The van der Waals surface area contributed by atoms with Crippen molar-refractivity contribution in [2.24, 2.45) is 0 Å². The van der Waals surface area contributed by atoms with Gasteiger partial charge in [0.1, 0.15) is 0 Å². The lowest BCUT2D eigenvalue weighted by atomic mass is 10.0. The maximum atomic E-state index is 5.27. The number of fused-ring (bicyclic) bond motifs is 14. The molecule has 0 bridgehead atoms. The Morgan fingerprint density at radius 1 is 0.152 bits per heavy atom. The van der Waals surface area contributed by atoms with Gasteiger partial charge in [-0.25, -0.2) is 19.9 Å². The van der Waals surface area contributed by atoms with Crippen LogP contribution in [0.3, 0.4) is 0 Å². The van der Waals surface area contributed by atoms with Crippen LogP contribution in [0.4, 0.5) is 0 Å². The Balaban J connectivity index is 0.000000141. The van der Waals surface area contributed by atoms with Crippen molar-refractivity contribution >= 4 is 87.2 Å². The third kappa shape index (κ3) is 11.4. The third-order valence-corrected chi connectivity index (χ3v) is 21.8. The van der Waals surface area contributed by atoms with Gasteiger partial charge in [-0.1, -0.05) is 309 Å². The molecule has 22 aromatic rings. The zero-order valence-electron chi connectivity index (χ0n) is 60.8. The van der Waals surface area contributed by atoms with Crippen LogP contribution in [0, 0.1) is 0 Å². The number of nitrogens with zero attached hydrogens (tertiary/aromatic N) is 8. The van der Waals surface area contributed by atoms with Crippen molar-refractivity contribution in [3.8, 4) is 113 Å². The molecule has 16 aromatic carbocycles. The maximum Gasteiger partial charge on any atom is 0.160 e. The zero-order valence-corrected chi connectivity index (χ0v) is 60.8. The Labute approximate surface area is 646 Å². The van der Waals surface area contributed by atoms with E-state index in [-0.39, 0.29) is 0 Å².